The van der Waals surface area contributed by atoms with Gasteiger partial charge < -0.3 is 4.74 Å². The third-order valence-corrected chi connectivity index (χ3v) is 2.27. The quantitative estimate of drug-likeness (QED) is 0.639. The second kappa shape index (κ2) is 4.70. The Bertz CT molecular complexity index is 607. The van der Waals surface area contributed by atoms with Gasteiger partial charge in [-0.25, -0.2) is 4.79 Å². The molecule has 8 heteroatoms. The molecule has 0 spiro atoms. The second-order valence-electron chi connectivity index (χ2n) is 3.43. The fraction of sp³-hybridized carbons (Fsp3) is 0.200. The number of carbonyl (C=O) groups is 1. The lowest BCUT2D eigenvalue weighted by atomic mass is 10.2. The molecule has 2 rings (SSSR count). The molecule has 1 aromatic heterocycles. The first-order valence-corrected chi connectivity index (χ1v) is 5.17. The standard InChI is InChI=1S/C10H10N4O4/c1-2-18-10(15)12-8-3-6(14(16)17)4-9-7(8)5-11-13-9/h3-5H,2H2,1H3,(H,11,13)(H,12,15). The second-order valence-corrected chi connectivity index (χ2v) is 3.43. The van der Waals surface area contributed by atoms with Crippen molar-refractivity contribution in [1.82, 2.24) is 10.2 Å². The topological polar surface area (TPSA) is 110 Å². The van der Waals surface area contributed by atoms with Crippen molar-refractivity contribution in [2.24, 2.45) is 0 Å². The molecule has 0 aliphatic heterocycles. The monoisotopic (exact) mass is 250 g/mol. The fourth-order valence-electron chi connectivity index (χ4n) is 1.52. The molecule has 0 aliphatic rings. The number of carbonyl (C=O) groups excluding carboxylic acids is 1. The highest BCUT2D eigenvalue weighted by Crippen LogP contribution is 2.27. The Morgan fingerprint density at radius 1 is 1.61 bits per heavy atom. The maximum Gasteiger partial charge on any atom is 0.411 e. The summed E-state index contributed by atoms with van der Waals surface area (Å²) in [6.45, 7) is 1.88. The lowest BCUT2D eigenvalue weighted by Crippen LogP contribution is -2.13. The summed E-state index contributed by atoms with van der Waals surface area (Å²) in [4.78, 5) is 21.5. The maximum absolute atomic E-state index is 11.3. The summed E-state index contributed by atoms with van der Waals surface area (Å²) < 4.78 is 4.72. The van der Waals surface area contributed by atoms with E-state index in [1.54, 1.807) is 6.92 Å². The number of nitrogens with one attached hydrogen (secondary N) is 2. The molecular formula is C10H10N4O4. The summed E-state index contributed by atoms with van der Waals surface area (Å²) in [5.74, 6) is 0. The first-order valence-electron chi connectivity index (χ1n) is 5.17. The Morgan fingerprint density at radius 3 is 3.06 bits per heavy atom. The summed E-state index contributed by atoms with van der Waals surface area (Å²) in [6.07, 6.45) is 0.807. The summed E-state index contributed by atoms with van der Waals surface area (Å²) in [5, 5.41) is 20.2. The van der Waals surface area contributed by atoms with Crippen molar-refractivity contribution in [3.05, 3.63) is 28.4 Å². The number of benzene rings is 1. The van der Waals surface area contributed by atoms with Gasteiger partial charge in [0, 0.05) is 17.5 Å². The fourth-order valence-corrected chi connectivity index (χ4v) is 1.52. The van der Waals surface area contributed by atoms with Gasteiger partial charge in [0.15, 0.2) is 0 Å². The molecule has 0 unspecified atom stereocenters. The minimum absolute atomic E-state index is 0.140. The van der Waals surface area contributed by atoms with E-state index in [4.69, 9.17) is 4.74 Å². The highest BCUT2D eigenvalue weighted by Gasteiger charge is 2.14. The molecule has 94 valence electrons. The first-order chi connectivity index (χ1) is 8.61. The van der Waals surface area contributed by atoms with E-state index in [1.807, 2.05) is 0 Å². The SMILES string of the molecule is CCOC(=O)Nc1cc([N+](=O)[O-])cc2[nH]ncc12. The Morgan fingerprint density at radius 2 is 2.39 bits per heavy atom. The van der Waals surface area contributed by atoms with E-state index in [0.29, 0.717) is 10.9 Å². The van der Waals surface area contributed by atoms with Crippen molar-refractivity contribution in [1.29, 1.82) is 0 Å². The van der Waals surface area contributed by atoms with Gasteiger partial charge in [-0.15, -0.1) is 0 Å². The molecule has 0 atom stereocenters. The number of nitro groups is 1. The van der Waals surface area contributed by atoms with Gasteiger partial charge in [-0.05, 0) is 6.92 Å². The minimum Gasteiger partial charge on any atom is -0.450 e. The molecule has 18 heavy (non-hydrogen) atoms. The number of rotatable bonds is 3. The van der Waals surface area contributed by atoms with Gasteiger partial charge in [-0.1, -0.05) is 0 Å². The zero-order valence-corrected chi connectivity index (χ0v) is 9.47. The van der Waals surface area contributed by atoms with E-state index in [9.17, 15) is 14.9 Å². The van der Waals surface area contributed by atoms with Crippen molar-refractivity contribution >= 4 is 28.4 Å². The normalized spacial score (nSPS) is 10.3. The van der Waals surface area contributed by atoms with Crippen LogP contribution in [0, 0.1) is 10.1 Å². The summed E-state index contributed by atoms with van der Waals surface area (Å²) >= 11 is 0. The van der Waals surface area contributed by atoms with Crippen LogP contribution in [0.5, 0.6) is 0 Å². The molecule has 8 nitrogen and oxygen atoms in total. The zero-order chi connectivity index (χ0) is 13.1. The lowest BCUT2D eigenvalue weighted by molar-refractivity contribution is -0.384. The number of hydrogen-bond donors (Lipinski definition) is 2. The summed E-state index contributed by atoms with van der Waals surface area (Å²) in [5.41, 5.74) is 0.612. The van der Waals surface area contributed by atoms with Gasteiger partial charge in [0.05, 0.1) is 28.9 Å². The number of H-pyrrole nitrogens is 1. The van der Waals surface area contributed by atoms with Crippen LogP contribution < -0.4 is 5.32 Å². The van der Waals surface area contributed by atoms with Gasteiger partial charge in [0.2, 0.25) is 0 Å². The number of non-ortho nitro benzene ring substituents is 1. The van der Waals surface area contributed by atoms with Gasteiger partial charge >= 0.3 is 6.09 Å². The molecule has 0 saturated carbocycles. The Kier molecular flexibility index (Phi) is 3.09. The van der Waals surface area contributed by atoms with Crippen molar-refractivity contribution in [2.75, 3.05) is 11.9 Å². The third kappa shape index (κ3) is 2.21. The Hall–Kier alpha value is -2.64. The third-order valence-electron chi connectivity index (χ3n) is 2.27. The maximum atomic E-state index is 11.3. The van der Waals surface area contributed by atoms with E-state index < -0.39 is 11.0 Å². The van der Waals surface area contributed by atoms with Crippen LogP contribution in [-0.4, -0.2) is 27.8 Å². The number of aromatic amines is 1. The zero-order valence-electron chi connectivity index (χ0n) is 9.47. The predicted molar refractivity (Wildman–Crippen MR) is 63.4 cm³/mol. The first kappa shape index (κ1) is 11.8. The van der Waals surface area contributed by atoms with E-state index in [2.05, 4.69) is 15.5 Å². The van der Waals surface area contributed by atoms with Crippen molar-refractivity contribution in [2.45, 2.75) is 6.92 Å². The molecule has 0 fully saturated rings. The number of fused-ring (bicyclic) bond motifs is 1. The van der Waals surface area contributed by atoms with Gasteiger partial charge in [0.1, 0.15) is 0 Å². The van der Waals surface area contributed by atoms with Crippen LogP contribution in [0.25, 0.3) is 10.9 Å². The summed E-state index contributed by atoms with van der Waals surface area (Å²) in [7, 11) is 0. The van der Waals surface area contributed by atoms with Crippen molar-refractivity contribution < 1.29 is 14.5 Å². The number of anilines is 1. The smallest absolute Gasteiger partial charge is 0.411 e. The van der Waals surface area contributed by atoms with Gasteiger partial charge in [-0.3, -0.25) is 20.5 Å². The number of nitrogens with zero attached hydrogens (tertiary/aromatic N) is 2. The Balaban J connectivity index is 2.43. The molecule has 1 amide bonds. The van der Waals surface area contributed by atoms with E-state index in [1.165, 1.54) is 18.3 Å². The van der Waals surface area contributed by atoms with Crippen molar-refractivity contribution in [3.63, 3.8) is 0 Å². The van der Waals surface area contributed by atoms with Crippen LogP contribution in [0.3, 0.4) is 0 Å². The van der Waals surface area contributed by atoms with Crippen LogP contribution in [-0.2, 0) is 4.74 Å². The average Bonchev–Trinajstić information content (AvgIpc) is 2.77. The van der Waals surface area contributed by atoms with Crippen LogP contribution in [0.2, 0.25) is 0 Å². The van der Waals surface area contributed by atoms with Crippen LogP contribution in [0.1, 0.15) is 6.92 Å². The molecule has 0 saturated heterocycles. The molecule has 1 aromatic carbocycles. The highest BCUT2D eigenvalue weighted by atomic mass is 16.6. The average molecular weight is 250 g/mol. The number of nitro benzene ring substituents is 1. The molecule has 0 radical (unpaired) electrons. The van der Waals surface area contributed by atoms with E-state index >= 15 is 0 Å². The van der Waals surface area contributed by atoms with Crippen LogP contribution >= 0.6 is 0 Å². The summed E-state index contributed by atoms with van der Waals surface area (Å²) in [6, 6.07) is 2.60. The van der Waals surface area contributed by atoms with E-state index in [0.717, 1.165) is 0 Å². The molecule has 0 bridgehead atoms. The Labute approximate surface area is 101 Å². The van der Waals surface area contributed by atoms with Gasteiger partial charge in [0.25, 0.3) is 5.69 Å². The van der Waals surface area contributed by atoms with Crippen molar-refractivity contribution in [3.8, 4) is 0 Å². The number of amides is 1. The lowest BCUT2D eigenvalue weighted by Gasteiger charge is -2.06. The molecule has 1 heterocycles. The number of hydrogen-bond acceptors (Lipinski definition) is 5. The molecule has 2 N–H and O–H groups in total. The number of aromatic nitrogens is 2. The minimum atomic E-state index is -0.666. The highest BCUT2D eigenvalue weighted by molar-refractivity contribution is 5.99. The predicted octanol–water partition coefficient (Wildman–Crippen LogP) is 2.04. The van der Waals surface area contributed by atoms with Crippen LogP contribution in [0.4, 0.5) is 16.2 Å². The molecule has 2 aromatic rings. The number of ether oxygens (including phenoxy) is 1. The van der Waals surface area contributed by atoms with Crippen LogP contribution in [0.15, 0.2) is 18.3 Å². The molecule has 0 aliphatic carbocycles. The largest absolute Gasteiger partial charge is 0.450 e. The van der Waals surface area contributed by atoms with Gasteiger partial charge in [-0.2, -0.15) is 5.10 Å². The van der Waals surface area contributed by atoms with E-state index in [-0.39, 0.29) is 18.0 Å². The molecular weight excluding hydrogens is 240 g/mol.